The van der Waals surface area contributed by atoms with Gasteiger partial charge in [-0.05, 0) is 22.6 Å². The third-order valence-electron chi connectivity index (χ3n) is 2.76. The van der Waals surface area contributed by atoms with E-state index in [4.69, 9.17) is 4.74 Å². The van der Waals surface area contributed by atoms with E-state index in [0.29, 0.717) is 19.7 Å². The van der Waals surface area contributed by atoms with Crippen molar-refractivity contribution < 1.29 is 14.1 Å². The molecule has 1 aromatic carbocycles. The van der Waals surface area contributed by atoms with Crippen LogP contribution in [0.25, 0.3) is 0 Å². The predicted octanol–water partition coefficient (Wildman–Crippen LogP) is 1.74. The second kappa shape index (κ2) is 6.44. The minimum Gasteiger partial charge on any atom is -0.377 e. The van der Waals surface area contributed by atoms with Crippen LogP contribution in [0.5, 0.6) is 0 Å². The maximum absolute atomic E-state index is 13.5. The normalized spacial score (nSPS) is 19.2. The van der Waals surface area contributed by atoms with Crippen molar-refractivity contribution in [1.29, 1.82) is 0 Å². The maximum atomic E-state index is 13.5. The molecule has 1 heterocycles. The first-order chi connectivity index (χ1) is 9.08. The van der Waals surface area contributed by atoms with Crippen molar-refractivity contribution in [2.75, 3.05) is 31.6 Å². The van der Waals surface area contributed by atoms with E-state index in [0.717, 1.165) is 12.6 Å². The summed E-state index contributed by atoms with van der Waals surface area (Å²) >= 11 is 1.73. The number of rotatable bonds is 4. The van der Waals surface area contributed by atoms with Crippen molar-refractivity contribution in [3.05, 3.63) is 31.6 Å². The van der Waals surface area contributed by atoms with Gasteiger partial charge in [-0.25, -0.2) is 4.39 Å². The van der Waals surface area contributed by atoms with Gasteiger partial charge in [0.2, 0.25) is 0 Å². The second-order valence-electron chi connectivity index (χ2n) is 4.12. The molecule has 6 nitrogen and oxygen atoms in total. The minimum atomic E-state index is -0.524. The van der Waals surface area contributed by atoms with Crippen LogP contribution in [-0.2, 0) is 4.74 Å². The van der Waals surface area contributed by atoms with Crippen LogP contribution >= 0.6 is 22.6 Å². The summed E-state index contributed by atoms with van der Waals surface area (Å²) in [6.45, 7) is 2.48. The highest BCUT2D eigenvalue weighted by Crippen LogP contribution is 2.28. The summed E-state index contributed by atoms with van der Waals surface area (Å²) in [5.41, 5.74) is 0.0478. The van der Waals surface area contributed by atoms with E-state index < -0.39 is 10.7 Å². The average molecular weight is 381 g/mol. The molecule has 0 aromatic heterocycles. The van der Waals surface area contributed by atoms with Crippen LogP contribution < -0.4 is 10.6 Å². The Hall–Kier alpha value is -1.00. The second-order valence-corrected chi connectivity index (χ2v) is 5.28. The summed E-state index contributed by atoms with van der Waals surface area (Å²) in [7, 11) is 0. The Balaban J connectivity index is 2.09. The molecule has 0 aliphatic carbocycles. The third-order valence-corrected chi connectivity index (χ3v) is 3.59. The Morgan fingerprint density at radius 3 is 3.05 bits per heavy atom. The van der Waals surface area contributed by atoms with Crippen molar-refractivity contribution in [2.45, 2.75) is 6.10 Å². The highest BCUT2D eigenvalue weighted by Gasteiger charge is 2.19. The highest BCUT2D eigenvalue weighted by molar-refractivity contribution is 14.1. The lowest BCUT2D eigenvalue weighted by Gasteiger charge is -2.24. The average Bonchev–Trinajstić information content (AvgIpc) is 2.40. The zero-order valence-electron chi connectivity index (χ0n) is 9.99. The topological polar surface area (TPSA) is 76.4 Å². The van der Waals surface area contributed by atoms with Gasteiger partial charge in [-0.3, -0.25) is 10.1 Å². The largest absolute Gasteiger partial charge is 0.377 e. The Bertz CT molecular complexity index is 480. The van der Waals surface area contributed by atoms with Gasteiger partial charge in [0.1, 0.15) is 11.5 Å². The molecule has 8 heteroatoms. The molecule has 1 atom stereocenters. The van der Waals surface area contributed by atoms with E-state index >= 15 is 0 Å². The molecule has 1 saturated heterocycles. The van der Waals surface area contributed by atoms with E-state index in [9.17, 15) is 14.5 Å². The molecule has 104 valence electrons. The molecule has 1 unspecified atom stereocenters. The van der Waals surface area contributed by atoms with Crippen molar-refractivity contribution in [2.24, 2.45) is 0 Å². The lowest BCUT2D eigenvalue weighted by atomic mass is 10.2. The number of anilines is 1. The Morgan fingerprint density at radius 1 is 1.63 bits per heavy atom. The zero-order chi connectivity index (χ0) is 13.8. The minimum absolute atomic E-state index is 0.0734. The van der Waals surface area contributed by atoms with Crippen LogP contribution in [0.2, 0.25) is 0 Å². The number of nitrogens with zero attached hydrogens (tertiary/aromatic N) is 1. The number of morpholine rings is 1. The van der Waals surface area contributed by atoms with Crippen molar-refractivity contribution >= 4 is 34.0 Å². The lowest BCUT2D eigenvalue weighted by molar-refractivity contribution is -0.384. The molecule has 0 amide bonds. The SMILES string of the molecule is O=[N+]([O-])c1cc(I)c(F)cc1NCC1CNCCO1. The Labute approximate surface area is 123 Å². The molecule has 1 fully saturated rings. The molecule has 0 bridgehead atoms. The number of benzene rings is 1. The Kier molecular flexibility index (Phi) is 4.88. The third kappa shape index (κ3) is 3.74. The molecular formula is C11H13FIN3O3. The summed E-state index contributed by atoms with van der Waals surface area (Å²) < 4.78 is 19.2. The van der Waals surface area contributed by atoms with Crippen LogP contribution in [0.1, 0.15) is 0 Å². The maximum Gasteiger partial charge on any atom is 0.293 e. The highest BCUT2D eigenvalue weighted by atomic mass is 127. The summed E-state index contributed by atoms with van der Waals surface area (Å²) in [6, 6.07) is 2.37. The molecule has 0 saturated carbocycles. The molecular weight excluding hydrogens is 368 g/mol. The van der Waals surface area contributed by atoms with Gasteiger partial charge in [0.25, 0.3) is 5.69 Å². The molecule has 1 aliphatic heterocycles. The summed E-state index contributed by atoms with van der Waals surface area (Å²) in [5.74, 6) is -0.476. The number of nitrogens with one attached hydrogen (secondary N) is 2. The molecule has 1 aliphatic rings. The van der Waals surface area contributed by atoms with Gasteiger partial charge in [0.15, 0.2) is 0 Å². The number of ether oxygens (including phenoxy) is 1. The first-order valence-electron chi connectivity index (χ1n) is 5.77. The number of hydrogen-bond donors (Lipinski definition) is 2. The number of hydrogen-bond acceptors (Lipinski definition) is 5. The molecule has 0 radical (unpaired) electrons. The summed E-state index contributed by atoms with van der Waals surface area (Å²) in [5, 5.41) is 17.0. The Morgan fingerprint density at radius 2 is 2.42 bits per heavy atom. The fourth-order valence-corrected chi connectivity index (χ4v) is 2.25. The number of nitro groups is 1. The molecule has 2 rings (SSSR count). The van der Waals surface area contributed by atoms with E-state index in [1.807, 2.05) is 0 Å². The van der Waals surface area contributed by atoms with Crippen LogP contribution in [0, 0.1) is 19.5 Å². The lowest BCUT2D eigenvalue weighted by Crippen LogP contribution is -2.42. The van der Waals surface area contributed by atoms with E-state index in [2.05, 4.69) is 10.6 Å². The van der Waals surface area contributed by atoms with Crippen LogP contribution in [0.3, 0.4) is 0 Å². The number of nitro benzene ring substituents is 1. The van der Waals surface area contributed by atoms with E-state index in [1.54, 1.807) is 22.6 Å². The van der Waals surface area contributed by atoms with Crippen molar-refractivity contribution in [1.82, 2.24) is 5.32 Å². The molecule has 2 N–H and O–H groups in total. The first kappa shape index (κ1) is 14.4. The fourth-order valence-electron chi connectivity index (χ4n) is 1.80. The number of halogens is 2. The van der Waals surface area contributed by atoms with Gasteiger partial charge in [-0.15, -0.1) is 0 Å². The standard InChI is InChI=1S/C11H13FIN3O3/c12-8-3-10(11(16(17)18)4-9(8)13)15-6-7-5-14-1-2-19-7/h3-4,7,14-15H,1-2,5-6H2. The van der Waals surface area contributed by atoms with Crippen LogP contribution in [0.4, 0.5) is 15.8 Å². The van der Waals surface area contributed by atoms with Gasteiger partial charge in [-0.2, -0.15) is 0 Å². The van der Waals surface area contributed by atoms with Crippen LogP contribution in [-0.4, -0.2) is 37.3 Å². The molecule has 0 spiro atoms. The van der Waals surface area contributed by atoms with Gasteiger partial charge in [0.05, 0.1) is 21.2 Å². The van der Waals surface area contributed by atoms with Crippen molar-refractivity contribution in [3.63, 3.8) is 0 Å². The fraction of sp³-hybridized carbons (Fsp3) is 0.455. The predicted molar refractivity (Wildman–Crippen MR) is 76.9 cm³/mol. The van der Waals surface area contributed by atoms with Crippen LogP contribution in [0.15, 0.2) is 12.1 Å². The zero-order valence-corrected chi connectivity index (χ0v) is 12.1. The van der Waals surface area contributed by atoms with Gasteiger partial charge in [0, 0.05) is 31.8 Å². The molecule has 1 aromatic rings. The van der Waals surface area contributed by atoms with Gasteiger partial charge < -0.3 is 15.4 Å². The quantitative estimate of drug-likeness (QED) is 0.472. The summed E-state index contributed by atoms with van der Waals surface area (Å²) in [4.78, 5) is 10.4. The van der Waals surface area contributed by atoms with E-state index in [-0.39, 0.29) is 21.0 Å². The van der Waals surface area contributed by atoms with Crippen molar-refractivity contribution in [3.8, 4) is 0 Å². The first-order valence-corrected chi connectivity index (χ1v) is 6.85. The van der Waals surface area contributed by atoms with E-state index in [1.165, 1.54) is 6.07 Å². The van der Waals surface area contributed by atoms with Gasteiger partial charge >= 0.3 is 0 Å². The van der Waals surface area contributed by atoms with Gasteiger partial charge in [-0.1, -0.05) is 0 Å². The smallest absolute Gasteiger partial charge is 0.293 e. The molecule has 19 heavy (non-hydrogen) atoms. The summed E-state index contributed by atoms with van der Waals surface area (Å²) in [6.07, 6.45) is -0.0734. The monoisotopic (exact) mass is 381 g/mol.